The summed E-state index contributed by atoms with van der Waals surface area (Å²) in [6, 6.07) is 7.43. The van der Waals surface area contributed by atoms with Gasteiger partial charge >= 0.3 is 0 Å². The molecule has 0 bridgehead atoms. The standard InChI is InChI=1S/C25H26FN9/c1-33(2)17-10-16(13-27-14-17)15-11-18-21(19(26)12-15)31-32-22(18)25-29-23-20(4-5-28-24(23)30-25)35-8-6-34(3)7-9-35/h4-5,10-14H,6-9H2,1-3H3,(H,31,32)(H,28,29,30). The fraction of sp³-hybridized carbons (Fsp3) is 0.280. The average molecular weight is 472 g/mol. The second-order valence-electron chi connectivity index (χ2n) is 9.18. The predicted molar refractivity (Wildman–Crippen MR) is 136 cm³/mol. The monoisotopic (exact) mass is 471 g/mol. The molecule has 178 valence electrons. The molecule has 0 atom stereocenters. The van der Waals surface area contributed by atoms with Crippen molar-refractivity contribution in [2.75, 3.05) is 57.1 Å². The molecule has 4 aromatic heterocycles. The van der Waals surface area contributed by atoms with E-state index in [0.29, 0.717) is 22.6 Å². The van der Waals surface area contributed by atoms with E-state index in [-0.39, 0.29) is 5.52 Å². The number of rotatable bonds is 4. The van der Waals surface area contributed by atoms with Crippen LogP contribution in [-0.2, 0) is 0 Å². The van der Waals surface area contributed by atoms with Crippen molar-refractivity contribution in [3.8, 4) is 22.6 Å². The largest absolute Gasteiger partial charge is 0.376 e. The van der Waals surface area contributed by atoms with Crippen LogP contribution in [0.2, 0.25) is 0 Å². The number of H-pyrrole nitrogens is 2. The summed E-state index contributed by atoms with van der Waals surface area (Å²) in [7, 11) is 6.03. The van der Waals surface area contributed by atoms with Crippen molar-refractivity contribution in [3.05, 3.63) is 48.7 Å². The van der Waals surface area contributed by atoms with Gasteiger partial charge in [-0.05, 0) is 36.9 Å². The lowest BCUT2D eigenvalue weighted by Gasteiger charge is -2.34. The summed E-state index contributed by atoms with van der Waals surface area (Å²) >= 11 is 0. The summed E-state index contributed by atoms with van der Waals surface area (Å²) in [6.45, 7) is 3.88. The number of nitrogens with one attached hydrogen (secondary N) is 2. The number of imidazole rings is 1. The second kappa shape index (κ2) is 8.31. The van der Waals surface area contributed by atoms with Gasteiger partial charge in [0.1, 0.15) is 16.7 Å². The first-order valence-electron chi connectivity index (χ1n) is 11.6. The third kappa shape index (κ3) is 3.75. The zero-order chi connectivity index (χ0) is 24.1. The van der Waals surface area contributed by atoms with E-state index < -0.39 is 5.82 Å². The summed E-state index contributed by atoms with van der Waals surface area (Å²) in [5.74, 6) is 0.177. The minimum absolute atomic E-state index is 0.271. The summed E-state index contributed by atoms with van der Waals surface area (Å²) in [6.07, 6.45) is 5.30. The van der Waals surface area contributed by atoms with Crippen LogP contribution in [0.5, 0.6) is 0 Å². The highest BCUT2D eigenvalue weighted by Crippen LogP contribution is 2.34. The third-order valence-corrected chi connectivity index (χ3v) is 6.64. The highest BCUT2D eigenvalue weighted by atomic mass is 19.1. The fourth-order valence-electron chi connectivity index (χ4n) is 4.58. The molecule has 0 aliphatic carbocycles. The first kappa shape index (κ1) is 21.5. The van der Waals surface area contributed by atoms with Gasteiger partial charge in [-0.2, -0.15) is 5.10 Å². The molecular formula is C25H26FN9. The van der Waals surface area contributed by atoms with Gasteiger partial charge in [0.05, 0.1) is 17.6 Å². The lowest BCUT2D eigenvalue weighted by atomic mass is 10.0. The third-order valence-electron chi connectivity index (χ3n) is 6.64. The highest BCUT2D eigenvalue weighted by Gasteiger charge is 2.21. The summed E-state index contributed by atoms with van der Waals surface area (Å²) < 4.78 is 15.1. The molecule has 1 saturated heterocycles. The van der Waals surface area contributed by atoms with E-state index in [2.05, 4.69) is 42.0 Å². The maximum absolute atomic E-state index is 15.1. The number of piperazine rings is 1. The Kier molecular flexibility index (Phi) is 5.10. The van der Waals surface area contributed by atoms with Crippen LogP contribution in [0.15, 0.2) is 42.9 Å². The molecule has 5 heterocycles. The zero-order valence-electron chi connectivity index (χ0n) is 19.9. The molecule has 1 fully saturated rings. The Labute approximate surface area is 201 Å². The predicted octanol–water partition coefficient (Wildman–Crippen LogP) is 3.52. The highest BCUT2D eigenvalue weighted by molar-refractivity contribution is 5.97. The van der Waals surface area contributed by atoms with E-state index in [1.807, 2.05) is 37.2 Å². The topological polar surface area (TPSA) is 92.9 Å². The van der Waals surface area contributed by atoms with Crippen LogP contribution >= 0.6 is 0 Å². The van der Waals surface area contributed by atoms with Crippen molar-refractivity contribution in [2.24, 2.45) is 0 Å². The fourth-order valence-corrected chi connectivity index (χ4v) is 4.58. The Bertz CT molecular complexity index is 1530. The number of anilines is 2. The van der Waals surface area contributed by atoms with E-state index in [0.717, 1.165) is 54.2 Å². The molecular weight excluding hydrogens is 445 g/mol. The molecule has 0 amide bonds. The van der Waals surface area contributed by atoms with Crippen LogP contribution in [0.25, 0.3) is 44.7 Å². The maximum Gasteiger partial charge on any atom is 0.180 e. The number of fused-ring (bicyclic) bond motifs is 2. The summed E-state index contributed by atoms with van der Waals surface area (Å²) in [5.41, 5.74) is 5.95. The molecule has 0 spiro atoms. The molecule has 0 radical (unpaired) electrons. The van der Waals surface area contributed by atoms with Crippen molar-refractivity contribution >= 4 is 33.4 Å². The molecule has 1 aliphatic heterocycles. The van der Waals surface area contributed by atoms with Crippen LogP contribution in [-0.4, -0.2) is 82.4 Å². The SMILES string of the molecule is CN1CCN(c2ccnc3nc(-c4[nH]nc5c(F)cc(-c6cncc(N(C)C)c6)cc45)[nH]c23)CC1. The zero-order valence-corrected chi connectivity index (χ0v) is 19.9. The Hall–Kier alpha value is -4.05. The second-order valence-corrected chi connectivity index (χ2v) is 9.18. The number of aromatic nitrogens is 6. The molecule has 9 nitrogen and oxygen atoms in total. The lowest BCUT2D eigenvalue weighted by molar-refractivity contribution is 0.313. The quantitative estimate of drug-likeness (QED) is 0.414. The van der Waals surface area contributed by atoms with Gasteiger partial charge in [-0.3, -0.25) is 10.1 Å². The van der Waals surface area contributed by atoms with E-state index >= 15 is 4.39 Å². The van der Waals surface area contributed by atoms with E-state index in [1.165, 1.54) is 6.07 Å². The molecule has 1 aliphatic rings. The van der Waals surface area contributed by atoms with Gasteiger partial charge in [0.2, 0.25) is 0 Å². The molecule has 2 N–H and O–H groups in total. The number of likely N-dealkylation sites (N-methyl/N-ethyl adjacent to an activating group) is 1. The van der Waals surface area contributed by atoms with Gasteiger partial charge in [-0.1, -0.05) is 0 Å². The minimum Gasteiger partial charge on any atom is -0.376 e. The van der Waals surface area contributed by atoms with Crippen LogP contribution < -0.4 is 9.80 Å². The molecule has 0 unspecified atom stereocenters. The van der Waals surface area contributed by atoms with E-state index in [1.54, 1.807) is 18.6 Å². The number of benzene rings is 1. The Morgan fingerprint density at radius 3 is 2.66 bits per heavy atom. The Morgan fingerprint density at radius 1 is 1.03 bits per heavy atom. The van der Waals surface area contributed by atoms with Crippen LogP contribution in [0.4, 0.5) is 15.8 Å². The Morgan fingerprint density at radius 2 is 1.86 bits per heavy atom. The number of hydrogen-bond acceptors (Lipinski definition) is 7. The molecule has 6 rings (SSSR count). The number of nitrogens with zero attached hydrogens (tertiary/aromatic N) is 7. The maximum atomic E-state index is 15.1. The van der Waals surface area contributed by atoms with Gasteiger partial charge in [-0.25, -0.2) is 14.4 Å². The Balaban J connectivity index is 1.45. The minimum atomic E-state index is -0.400. The number of aromatic amines is 2. The van der Waals surface area contributed by atoms with E-state index in [4.69, 9.17) is 4.98 Å². The van der Waals surface area contributed by atoms with Gasteiger partial charge in [-0.15, -0.1) is 0 Å². The number of pyridine rings is 2. The van der Waals surface area contributed by atoms with Gasteiger partial charge in [0, 0.05) is 63.6 Å². The first-order valence-corrected chi connectivity index (χ1v) is 11.6. The summed E-state index contributed by atoms with van der Waals surface area (Å²) in [4.78, 5) is 23.6. The smallest absolute Gasteiger partial charge is 0.180 e. The van der Waals surface area contributed by atoms with Crippen molar-refractivity contribution in [3.63, 3.8) is 0 Å². The molecule has 1 aromatic carbocycles. The molecule has 0 saturated carbocycles. The normalized spacial score (nSPS) is 14.8. The van der Waals surface area contributed by atoms with Crippen LogP contribution in [0.3, 0.4) is 0 Å². The first-order chi connectivity index (χ1) is 17.0. The molecule has 35 heavy (non-hydrogen) atoms. The van der Waals surface area contributed by atoms with Crippen molar-refractivity contribution in [1.29, 1.82) is 0 Å². The average Bonchev–Trinajstić information content (AvgIpc) is 3.49. The van der Waals surface area contributed by atoms with Crippen molar-refractivity contribution in [2.45, 2.75) is 0 Å². The molecule has 5 aromatic rings. The van der Waals surface area contributed by atoms with Gasteiger partial charge in [0.25, 0.3) is 0 Å². The van der Waals surface area contributed by atoms with E-state index in [9.17, 15) is 0 Å². The van der Waals surface area contributed by atoms with Crippen molar-refractivity contribution in [1.82, 2.24) is 35.0 Å². The van der Waals surface area contributed by atoms with Crippen molar-refractivity contribution < 1.29 is 4.39 Å². The van der Waals surface area contributed by atoms with Gasteiger partial charge in [0.15, 0.2) is 17.3 Å². The summed E-state index contributed by atoms with van der Waals surface area (Å²) in [5, 5.41) is 7.88. The number of halogens is 1. The lowest BCUT2D eigenvalue weighted by Crippen LogP contribution is -2.44. The van der Waals surface area contributed by atoms with Crippen LogP contribution in [0, 0.1) is 5.82 Å². The molecule has 10 heteroatoms. The van der Waals surface area contributed by atoms with Gasteiger partial charge < -0.3 is 19.7 Å². The van der Waals surface area contributed by atoms with Crippen LogP contribution in [0.1, 0.15) is 0 Å². The number of hydrogen-bond donors (Lipinski definition) is 2.